The number of carbonyl (C=O) groups excluding carboxylic acids is 1. The smallest absolute Gasteiger partial charge is 0.413 e. The van der Waals surface area contributed by atoms with Crippen LogP contribution < -0.4 is 5.32 Å². The monoisotopic (exact) mass is 425 g/mol. The van der Waals surface area contributed by atoms with Crippen molar-refractivity contribution in [1.29, 1.82) is 0 Å². The average molecular weight is 425 g/mol. The summed E-state index contributed by atoms with van der Waals surface area (Å²) in [5.74, 6) is -0.249. The summed E-state index contributed by atoms with van der Waals surface area (Å²) in [7, 11) is 0. The van der Waals surface area contributed by atoms with Gasteiger partial charge in [0.05, 0.1) is 17.6 Å². The van der Waals surface area contributed by atoms with Crippen molar-refractivity contribution in [3.8, 4) is 0 Å². The molecule has 0 saturated carbocycles. The van der Waals surface area contributed by atoms with Crippen LogP contribution in [-0.2, 0) is 15.0 Å². The summed E-state index contributed by atoms with van der Waals surface area (Å²) in [4.78, 5) is 27.5. The molecule has 158 valence electrons. The van der Waals surface area contributed by atoms with E-state index >= 15 is 0 Å². The number of nitro groups is 1. The first-order valence-corrected chi connectivity index (χ1v) is 10.3. The summed E-state index contributed by atoms with van der Waals surface area (Å²) >= 11 is 1.32. The minimum absolute atomic E-state index is 0.0777. The highest BCUT2D eigenvalue weighted by molar-refractivity contribution is 8.13. The first-order valence-electron chi connectivity index (χ1n) is 9.34. The third-order valence-electron chi connectivity index (χ3n) is 4.92. The van der Waals surface area contributed by atoms with E-state index < -0.39 is 28.0 Å². The number of nitrogens with zero attached hydrogens (tertiary/aromatic N) is 2. The average Bonchev–Trinajstić information content (AvgIpc) is 2.98. The van der Waals surface area contributed by atoms with Crippen LogP contribution in [-0.4, -0.2) is 40.2 Å². The van der Waals surface area contributed by atoms with E-state index in [1.54, 1.807) is 20.8 Å². The molecule has 1 N–H and O–H groups in total. The van der Waals surface area contributed by atoms with Crippen LogP contribution >= 0.6 is 11.8 Å². The molecule has 0 aliphatic carbocycles. The number of nitrogens with one attached hydrogen (secondary N) is 1. The van der Waals surface area contributed by atoms with Crippen molar-refractivity contribution in [2.45, 2.75) is 51.4 Å². The number of alkyl carbamates (subject to hydrolysis) is 1. The number of hydrogen-bond donors (Lipinski definition) is 1. The van der Waals surface area contributed by atoms with Gasteiger partial charge in [-0.2, -0.15) is 0 Å². The number of rotatable bonds is 3. The molecule has 1 fully saturated rings. The molecular weight excluding hydrogens is 401 g/mol. The lowest BCUT2D eigenvalue weighted by atomic mass is 9.78. The Labute approximate surface area is 172 Å². The van der Waals surface area contributed by atoms with Crippen LogP contribution in [0.5, 0.6) is 0 Å². The Morgan fingerprint density at radius 2 is 2.24 bits per heavy atom. The molecule has 2 aliphatic heterocycles. The van der Waals surface area contributed by atoms with Gasteiger partial charge in [0, 0.05) is 29.4 Å². The molecule has 8 nitrogen and oxygen atoms in total. The van der Waals surface area contributed by atoms with E-state index in [1.807, 2.05) is 6.92 Å². The number of hydrogen-bond acceptors (Lipinski definition) is 7. The van der Waals surface area contributed by atoms with Gasteiger partial charge in [0.15, 0.2) is 5.17 Å². The number of non-ortho nitro benzene ring substituents is 1. The molecule has 0 spiro atoms. The maximum Gasteiger partial charge on any atom is 0.413 e. The van der Waals surface area contributed by atoms with Crippen molar-refractivity contribution in [1.82, 2.24) is 5.32 Å². The van der Waals surface area contributed by atoms with Crippen molar-refractivity contribution >= 4 is 28.7 Å². The van der Waals surface area contributed by atoms with E-state index in [-0.39, 0.29) is 35.0 Å². The topological polar surface area (TPSA) is 103 Å². The summed E-state index contributed by atoms with van der Waals surface area (Å²) in [6.45, 7) is 7.28. The van der Waals surface area contributed by atoms with E-state index in [0.29, 0.717) is 12.2 Å². The molecule has 2 heterocycles. The molecule has 1 amide bonds. The lowest BCUT2D eigenvalue weighted by molar-refractivity contribution is -0.385. The number of amides is 1. The Morgan fingerprint density at radius 3 is 2.86 bits per heavy atom. The minimum atomic E-state index is -1.15. The van der Waals surface area contributed by atoms with Gasteiger partial charge in [0.1, 0.15) is 17.0 Å². The van der Waals surface area contributed by atoms with Gasteiger partial charge in [-0.05, 0) is 33.3 Å². The second-order valence-electron chi connectivity index (χ2n) is 8.06. The molecular formula is C19H24FN3O5S. The number of halogens is 1. The van der Waals surface area contributed by atoms with Gasteiger partial charge in [-0.3, -0.25) is 15.4 Å². The highest BCUT2D eigenvalue weighted by atomic mass is 32.2. The fraction of sp³-hybridized carbons (Fsp3) is 0.579. The molecule has 10 heteroatoms. The number of carbonyl (C=O) groups is 1. The van der Waals surface area contributed by atoms with Crippen LogP contribution in [0.2, 0.25) is 0 Å². The molecule has 1 aromatic carbocycles. The minimum Gasteiger partial charge on any atom is -0.444 e. The number of benzene rings is 1. The molecule has 29 heavy (non-hydrogen) atoms. The van der Waals surface area contributed by atoms with Gasteiger partial charge in [-0.25, -0.2) is 14.2 Å². The molecule has 0 bridgehead atoms. The maximum absolute atomic E-state index is 14.8. The Hall–Kier alpha value is -2.20. The van der Waals surface area contributed by atoms with Gasteiger partial charge >= 0.3 is 6.09 Å². The van der Waals surface area contributed by atoms with Crippen LogP contribution in [0.3, 0.4) is 0 Å². The highest BCUT2D eigenvalue weighted by Crippen LogP contribution is 2.49. The first-order chi connectivity index (χ1) is 13.6. The van der Waals surface area contributed by atoms with Crippen LogP contribution in [0.4, 0.5) is 14.9 Å². The van der Waals surface area contributed by atoms with Crippen LogP contribution in [0.1, 0.15) is 39.7 Å². The first kappa shape index (κ1) is 21.5. The van der Waals surface area contributed by atoms with Crippen LogP contribution in [0.15, 0.2) is 23.2 Å². The van der Waals surface area contributed by atoms with Crippen molar-refractivity contribution < 1.29 is 23.6 Å². The predicted molar refractivity (Wildman–Crippen MR) is 108 cm³/mol. The van der Waals surface area contributed by atoms with Crippen LogP contribution in [0, 0.1) is 21.8 Å². The van der Waals surface area contributed by atoms with Crippen molar-refractivity contribution in [2.75, 3.05) is 12.4 Å². The Kier molecular flexibility index (Phi) is 5.86. The number of nitro benzene ring substituents is 1. The largest absolute Gasteiger partial charge is 0.444 e. The molecule has 0 radical (unpaired) electrons. The standard InChI is InChI=1S/C19H24FN3O5S/c1-5-15-13-9-29-16(21-17(24)28-18(2,3)4)22-19(13,10-27-15)12-8-11(23(25)26)6-7-14(12)20/h6-8,13,15H,5,9-10H2,1-4H3,(H,21,22,24)/t13-,15-,19-/m1/s1. The zero-order chi connectivity index (χ0) is 21.4. The second-order valence-corrected chi connectivity index (χ2v) is 9.07. The lowest BCUT2D eigenvalue weighted by Gasteiger charge is -2.36. The lowest BCUT2D eigenvalue weighted by Crippen LogP contribution is -2.45. The molecule has 0 aromatic heterocycles. The van der Waals surface area contributed by atoms with E-state index in [0.717, 1.165) is 12.1 Å². The summed E-state index contributed by atoms with van der Waals surface area (Å²) in [5, 5.41) is 14.1. The molecule has 1 saturated heterocycles. The highest BCUT2D eigenvalue weighted by Gasteiger charge is 2.54. The number of aliphatic imine (C=N–C) groups is 1. The fourth-order valence-electron chi connectivity index (χ4n) is 3.66. The number of ether oxygens (including phenoxy) is 2. The van der Waals surface area contributed by atoms with Gasteiger partial charge in [-0.1, -0.05) is 18.7 Å². The van der Waals surface area contributed by atoms with Gasteiger partial charge in [0.2, 0.25) is 0 Å². The summed E-state index contributed by atoms with van der Waals surface area (Å²) in [6, 6.07) is 3.42. The van der Waals surface area contributed by atoms with Crippen molar-refractivity contribution in [3.63, 3.8) is 0 Å². The number of amidine groups is 1. The molecule has 3 rings (SSSR count). The van der Waals surface area contributed by atoms with Gasteiger partial charge < -0.3 is 9.47 Å². The number of thioether (sulfide) groups is 1. The summed E-state index contributed by atoms with van der Waals surface area (Å²) in [5.41, 5.74) is -1.94. The molecule has 0 unspecified atom stereocenters. The van der Waals surface area contributed by atoms with Gasteiger partial charge in [-0.15, -0.1) is 0 Å². The Bertz CT molecular complexity index is 857. The fourth-order valence-corrected chi connectivity index (χ4v) is 4.87. The summed E-state index contributed by atoms with van der Waals surface area (Å²) in [6.07, 6.45) is -0.121. The summed E-state index contributed by atoms with van der Waals surface area (Å²) < 4.78 is 26.0. The third kappa shape index (κ3) is 4.37. The molecule has 2 aliphatic rings. The Morgan fingerprint density at radius 1 is 1.52 bits per heavy atom. The van der Waals surface area contributed by atoms with Crippen molar-refractivity contribution in [2.24, 2.45) is 10.9 Å². The second kappa shape index (κ2) is 7.91. The maximum atomic E-state index is 14.8. The molecule has 3 atom stereocenters. The Balaban J connectivity index is 2.02. The van der Waals surface area contributed by atoms with Gasteiger partial charge in [0.25, 0.3) is 5.69 Å². The zero-order valence-electron chi connectivity index (χ0n) is 16.7. The SMILES string of the molecule is CC[C@H]1OC[C@]2(c3cc([N+](=O)[O-])ccc3F)N=C(NC(=O)OC(C)(C)C)SC[C@H]12. The normalized spacial score (nSPS) is 26.4. The van der Waals surface area contributed by atoms with Crippen molar-refractivity contribution in [3.05, 3.63) is 39.7 Å². The predicted octanol–water partition coefficient (Wildman–Crippen LogP) is 3.98. The van der Waals surface area contributed by atoms with E-state index in [4.69, 9.17) is 9.47 Å². The zero-order valence-corrected chi connectivity index (χ0v) is 17.5. The quantitative estimate of drug-likeness (QED) is 0.580. The molecule has 1 aromatic rings. The van der Waals surface area contributed by atoms with E-state index in [1.165, 1.54) is 17.8 Å². The number of fused-ring (bicyclic) bond motifs is 1. The van der Waals surface area contributed by atoms with Crippen LogP contribution in [0.25, 0.3) is 0 Å². The van der Waals surface area contributed by atoms with E-state index in [9.17, 15) is 19.3 Å². The van der Waals surface area contributed by atoms with E-state index in [2.05, 4.69) is 10.3 Å². The third-order valence-corrected chi connectivity index (χ3v) is 5.91.